The Morgan fingerprint density at radius 1 is 1.18 bits per heavy atom. The Bertz CT molecular complexity index is 834. The summed E-state index contributed by atoms with van der Waals surface area (Å²) in [6.07, 6.45) is 2.48. The maximum atomic E-state index is 10.7. The van der Waals surface area contributed by atoms with Crippen LogP contribution in [0.1, 0.15) is 42.4 Å². The van der Waals surface area contributed by atoms with Gasteiger partial charge in [0.2, 0.25) is 11.8 Å². The van der Waals surface area contributed by atoms with Crippen molar-refractivity contribution in [2.45, 2.75) is 39.5 Å². The molecule has 6 nitrogen and oxygen atoms in total. The number of morpholine rings is 1. The highest BCUT2D eigenvalue weighted by Gasteiger charge is 2.28. The molecule has 1 amide bonds. The molecular weight excluding hydrogens is 378 g/mol. The van der Waals surface area contributed by atoms with Crippen molar-refractivity contribution in [3.8, 4) is 11.6 Å². The summed E-state index contributed by atoms with van der Waals surface area (Å²) in [5.41, 5.74) is 3.29. The quantitative estimate of drug-likeness (QED) is 0.765. The number of aryl methyl sites for hydroxylation is 2. The Morgan fingerprint density at radius 3 is 2.46 bits per heavy atom. The van der Waals surface area contributed by atoms with Gasteiger partial charge in [0, 0.05) is 25.6 Å². The van der Waals surface area contributed by atoms with Gasteiger partial charge in [0.25, 0.3) is 0 Å². The Morgan fingerprint density at radius 2 is 1.89 bits per heavy atom. The molecule has 0 radical (unpaired) electrons. The van der Waals surface area contributed by atoms with Gasteiger partial charge in [0.15, 0.2) is 5.15 Å². The summed E-state index contributed by atoms with van der Waals surface area (Å²) in [7, 11) is 0. The van der Waals surface area contributed by atoms with Crippen molar-refractivity contribution in [1.82, 2.24) is 15.1 Å². The van der Waals surface area contributed by atoms with Crippen LogP contribution in [-0.2, 0) is 9.53 Å². The molecule has 1 saturated heterocycles. The highest BCUT2D eigenvalue weighted by Crippen LogP contribution is 2.46. The predicted molar refractivity (Wildman–Crippen MR) is 108 cm³/mol. The lowest BCUT2D eigenvalue weighted by Crippen LogP contribution is -2.39. The Balaban J connectivity index is 0.000000211. The minimum atomic E-state index is 0.151. The number of nitrogens with zero attached hydrogens (tertiary/aromatic N) is 3. The van der Waals surface area contributed by atoms with Gasteiger partial charge < -0.3 is 14.4 Å². The number of carbonyl (C=O) groups is 1. The smallest absolute Gasteiger partial charge is 0.241 e. The van der Waals surface area contributed by atoms with Crippen molar-refractivity contribution in [1.29, 1.82) is 0 Å². The van der Waals surface area contributed by atoms with E-state index in [1.165, 1.54) is 18.4 Å². The minimum absolute atomic E-state index is 0.151. The third-order valence-corrected chi connectivity index (χ3v) is 5.01. The molecule has 0 bridgehead atoms. The number of carbonyl (C=O) groups excluding carboxylic acids is 1. The van der Waals surface area contributed by atoms with Gasteiger partial charge in [-0.05, 0) is 49.8 Å². The molecule has 150 valence electrons. The number of ether oxygens (including phenoxy) is 2. The molecule has 1 aromatic carbocycles. The van der Waals surface area contributed by atoms with Crippen LogP contribution in [0.2, 0.25) is 5.15 Å². The molecule has 2 heterocycles. The Labute approximate surface area is 170 Å². The zero-order valence-corrected chi connectivity index (χ0v) is 17.3. The Kier molecular flexibility index (Phi) is 6.86. The van der Waals surface area contributed by atoms with E-state index in [0.29, 0.717) is 30.2 Å². The van der Waals surface area contributed by atoms with Crippen molar-refractivity contribution in [2.24, 2.45) is 0 Å². The summed E-state index contributed by atoms with van der Waals surface area (Å²) < 4.78 is 11.1. The largest absolute Gasteiger partial charge is 0.437 e. The van der Waals surface area contributed by atoms with Crippen LogP contribution in [-0.4, -0.2) is 47.3 Å². The third-order valence-electron chi connectivity index (χ3n) is 4.82. The van der Waals surface area contributed by atoms with Crippen LogP contribution in [0.25, 0.3) is 0 Å². The summed E-state index contributed by atoms with van der Waals surface area (Å²) in [6, 6.07) is 8.04. The number of hydrogen-bond donors (Lipinski definition) is 0. The molecule has 2 aliphatic rings. The summed E-state index contributed by atoms with van der Waals surface area (Å²) in [4.78, 5) is 12.5. The molecule has 1 aliphatic heterocycles. The van der Waals surface area contributed by atoms with E-state index in [4.69, 9.17) is 21.1 Å². The zero-order chi connectivity index (χ0) is 20.1. The number of benzene rings is 1. The van der Waals surface area contributed by atoms with E-state index in [9.17, 15) is 4.79 Å². The number of hydrogen-bond acceptors (Lipinski definition) is 5. The normalized spacial score (nSPS) is 16.2. The maximum Gasteiger partial charge on any atom is 0.241 e. The molecule has 0 spiro atoms. The van der Waals surface area contributed by atoms with Gasteiger partial charge >= 0.3 is 0 Å². The lowest BCUT2D eigenvalue weighted by Gasteiger charge is -2.25. The van der Waals surface area contributed by atoms with Gasteiger partial charge in [-0.25, -0.2) is 0 Å². The standard InChI is InChI=1S/C15H15ClN2O.C6H11NO2/c1-9-4-3-5-12(11-6-7-11)14(9)19-15-10(2)8-13(16)17-18-15;1-6(8)7-2-4-9-5-3-7/h3-5,8,11H,6-7H2,1-2H3;2-5H2,1H3. The highest BCUT2D eigenvalue weighted by molar-refractivity contribution is 6.29. The lowest BCUT2D eigenvalue weighted by atomic mass is 10.1. The van der Waals surface area contributed by atoms with E-state index in [0.717, 1.165) is 30.0 Å². The predicted octanol–water partition coefficient (Wildman–Crippen LogP) is 4.28. The molecule has 0 unspecified atom stereocenters. The second-order valence-electron chi connectivity index (χ2n) is 7.14. The van der Waals surface area contributed by atoms with E-state index in [1.54, 1.807) is 17.9 Å². The SMILES string of the molecule is CC(=O)N1CCOCC1.Cc1cc(Cl)nnc1Oc1c(C)cccc1C1CC1. The zero-order valence-electron chi connectivity index (χ0n) is 16.6. The first-order valence-corrected chi connectivity index (χ1v) is 9.94. The second-order valence-corrected chi connectivity index (χ2v) is 7.53. The fraction of sp³-hybridized carbons (Fsp3) is 0.476. The fourth-order valence-corrected chi connectivity index (χ4v) is 3.25. The van der Waals surface area contributed by atoms with Crippen molar-refractivity contribution in [3.63, 3.8) is 0 Å². The molecule has 2 fully saturated rings. The molecule has 4 rings (SSSR count). The van der Waals surface area contributed by atoms with Crippen LogP contribution in [0.3, 0.4) is 0 Å². The number of rotatable bonds is 3. The number of halogens is 1. The molecule has 28 heavy (non-hydrogen) atoms. The molecule has 1 saturated carbocycles. The van der Waals surface area contributed by atoms with Gasteiger partial charge in [0.1, 0.15) is 5.75 Å². The molecule has 0 N–H and O–H groups in total. The average molecular weight is 404 g/mol. The lowest BCUT2D eigenvalue weighted by molar-refractivity contribution is -0.132. The van der Waals surface area contributed by atoms with E-state index in [2.05, 4.69) is 35.3 Å². The van der Waals surface area contributed by atoms with Crippen molar-refractivity contribution in [2.75, 3.05) is 26.3 Å². The Hall–Kier alpha value is -2.18. The van der Waals surface area contributed by atoms with Gasteiger partial charge in [-0.1, -0.05) is 29.8 Å². The van der Waals surface area contributed by atoms with Crippen LogP contribution >= 0.6 is 11.6 Å². The number of aromatic nitrogens is 2. The first-order valence-electron chi connectivity index (χ1n) is 9.56. The van der Waals surface area contributed by atoms with Crippen molar-refractivity contribution < 1.29 is 14.3 Å². The average Bonchev–Trinajstić information content (AvgIpc) is 3.51. The molecule has 1 aromatic heterocycles. The number of amides is 1. The van der Waals surface area contributed by atoms with Gasteiger partial charge in [-0.3, -0.25) is 4.79 Å². The van der Waals surface area contributed by atoms with Gasteiger partial charge in [-0.15, -0.1) is 10.2 Å². The monoisotopic (exact) mass is 403 g/mol. The second kappa shape index (κ2) is 9.34. The van der Waals surface area contributed by atoms with E-state index in [1.807, 2.05) is 6.92 Å². The summed E-state index contributed by atoms with van der Waals surface area (Å²) in [5, 5.41) is 8.26. The summed E-state index contributed by atoms with van der Waals surface area (Å²) in [6.45, 7) is 8.47. The topological polar surface area (TPSA) is 64.6 Å². The van der Waals surface area contributed by atoms with Crippen LogP contribution < -0.4 is 4.74 Å². The molecule has 7 heteroatoms. The maximum absolute atomic E-state index is 10.7. The van der Waals surface area contributed by atoms with Crippen molar-refractivity contribution in [3.05, 3.63) is 46.1 Å². The van der Waals surface area contributed by atoms with Crippen LogP contribution in [0.5, 0.6) is 11.6 Å². The third kappa shape index (κ3) is 5.42. The van der Waals surface area contributed by atoms with Crippen molar-refractivity contribution >= 4 is 17.5 Å². The molecular formula is C21H26ClN3O3. The van der Waals surface area contributed by atoms with E-state index in [-0.39, 0.29) is 5.91 Å². The summed E-state index contributed by atoms with van der Waals surface area (Å²) >= 11 is 5.81. The first kappa shape index (κ1) is 20.6. The van der Waals surface area contributed by atoms with E-state index < -0.39 is 0 Å². The fourth-order valence-electron chi connectivity index (χ4n) is 3.05. The molecule has 1 aliphatic carbocycles. The van der Waals surface area contributed by atoms with Gasteiger partial charge in [0.05, 0.1) is 13.2 Å². The molecule has 2 aromatic rings. The van der Waals surface area contributed by atoms with E-state index >= 15 is 0 Å². The van der Waals surface area contributed by atoms with Crippen LogP contribution in [0, 0.1) is 13.8 Å². The van der Waals surface area contributed by atoms with Crippen LogP contribution in [0.15, 0.2) is 24.3 Å². The first-order chi connectivity index (χ1) is 13.5. The number of para-hydroxylation sites is 1. The minimum Gasteiger partial charge on any atom is -0.437 e. The van der Waals surface area contributed by atoms with Crippen LogP contribution in [0.4, 0.5) is 0 Å². The highest BCUT2D eigenvalue weighted by atomic mass is 35.5. The summed E-state index contributed by atoms with van der Waals surface area (Å²) in [5.74, 6) is 2.24. The molecule has 0 atom stereocenters. The van der Waals surface area contributed by atoms with Gasteiger partial charge in [-0.2, -0.15) is 0 Å².